The Morgan fingerprint density at radius 3 is 2.47 bits per heavy atom. The highest BCUT2D eigenvalue weighted by Crippen LogP contribution is 2.24. The fraction of sp³-hybridized carbons (Fsp3) is 0.333. The van der Waals surface area contributed by atoms with Crippen molar-refractivity contribution in [2.24, 2.45) is 5.14 Å². The maximum absolute atomic E-state index is 12.4. The van der Waals surface area contributed by atoms with E-state index in [0.29, 0.717) is 19.5 Å². The first-order valence-electron chi connectivity index (χ1n) is 9.67. The second-order valence-electron chi connectivity index (χ2n) is 7.51. The molecule has 1 aliphatic rings. The van der Waals surface area contributed by atoms with Crippen molar-refractivity contribution in [3.8, 4) is 0 Å². The number of nitrogens with two attached hydrogens (primary N) is 1. The Kier molecular flexibility index (Phi) is 6.42. The van der Waals surface area contributed by atoms with E-state index in [0.717, 1.165) is 16.8 Å². The molecule has 1 aliphatic heterocycles. The van der Waals surface area contributed by atoms with Crippen molar-refractivity contribution in [3.05, 3.63) is 59.2 Å². The first-order chi connectivity index (χ1) is 14.1. The van der Waals surface area contributed by atoms with E-state index in [1.807, 2.05) is 32.0 Å². The molecule has 9 heteroatoms. The molecule has 1 unspecified atom stereocenters. The Morgan fingerprint density at radius 1 is 1.13 bits per heavy atom. The Morgan fingerprint density at radius 2 is 1.83 bits per heavy atom. The van der Waals surface area contributed by atoms with E-state index >= 15 is 0 Å². The molecule has 3 amide bonds. The Bertz CT molecular complexity index is 1050. The lowest BCUT2D eigenvalue weighted by atomic mass is 10.1. The van der Waals surface area contributed by atoms with Gasteiger partial charge in [0.15, 0.2) is 0 Å². The number of aryl methyl sites for hydroxylation is 2. The van der Waals surface area contributed by atoms with Crippen LogP contribution in [0, 0.1) is 13.8 Å². The largest absolute Gasteiger partial charge is 0.338 e. The summed E-state index contributed by atoms with van der Waals surface area (Å²) in [6.07, 6.45) is 0.798. The van der Waals surface area contributed by atoms with Crippen molar-refractivity contribution in [2.45, 2.75) is 37.6 Å². The molecule has 0 radical (unpaired) electrons. The number of nitrogens with zero attached hydrogens (tertiary/aromatic N) is 1. The summed E-state index contributed by atoms with van der Waals surface area (Å²) in [4.78, 5) is 26.3. The van der Waals surface area contributed by atoms with Crippen LogP contribution in [0.25, 0.3) is 0 Å². The number of hydrogen-bond acceptors (Lipinski definition) is 4. The number of hydrogen-bond donors (Lipinski definition) is 3. The van der Waals surface area contributed by atoms with Gasteiger partial charge in [-0.2, -0.15) is 0 Å². The third-order valence-electron chi connectivity index (χ3n) is 5.21. The number of rotatable bonds is 6. The molecule has 0 aliphatic carbocycles. The smallest absolute Gasteiger partial charge is 0.315 e. The van der Waals surface area contributed by atoms with Gasteiger partial charge in [0, 0.05) is 25.2 Å². The van der Waals surface area contributed by atoms with Crippen molar-refractivity contribution in [1.29, 1.82) is 0 Å². The molecule has 0 saturated carbocycles. The van der Waals surface area contributed by atoms with E-state index in [2.05, 4.69) is 10.6 Å². The highest BCUT2D eigenvalue weighted by Gasteiger charge is 2.31. The first-order valence-corrected chi connectivity index (χ1v) is 11.2. The van der Waals surface area contributed by atoms with Gasteiger partial charge >= 0.3 is 6.03 Å². The second kappa shape index (κ2) is 8.85. The van der Waals surface area contributed by atoms with Crippen LogP contribution in [0.4, 0.5) is 10.5 Å². The molecule has 1 fully saturated rings. The Hall–Kier alpha value is -2.91. The van der Waals surface area contributed by atoms with E-state index < -0.39 is 10.0 Å². The zero-order valence-electron chi connectivity index (χ0n) is 17.0. The maximum Gasteiger partial charge on any atom is 0.315 e. The summed E-state index contributed by atoms with van der Waals surface area (Å²) in [5, 5.41) is 10.7. The summed E-state index contributed by atoms with van der Waals surface area (Å²) in [6, 6.07) is 11.5. The number of primary sulfonamides is 1. The summed E-state index contributed by atoms with van der Waals surface area (Å²) >= 11 is 0. The molecule has 3 rings (SSSR count). The van der Waals surface area contributed by atoms with Crippen molar-refractivity contribution >= 4 is 27.6 Å². The maximum atomic E-state index is 12.4. The Labute approximate surface area is 176 Å². The van der Waals surface area contributed by atoms with Crippen LogP contribution in [0.3, 0.4) is 0 Å². The number of carbonyl (C=O) groups excluding carboxylic acids is 2. The van der Waals surface area contributed by atoms with E-state index in [9.17, 15) is 18.0 Å². The van der Waals surface area contributed by atoms with Gasteiger partial charge in [0.1, 0.15) is 0 Å². The molecular formula is C21H26N4O4S. The van der Waals surface area contributed by atoms with Crippen LogP contribution in [0.1, 0.15) is 23.1 Å². The molecule has 160 valence electrons. The molecule has 30 heavy (non-hydrogen) atoms. The summed E-state index contributed by atoms with van der Waals surface area (Å²) in [7, 11) is -3.71. The number of anilines is 1. The van der Waals surface area contributed by atoms with Gasteiger partial charge in [-0.15, -0.1) is 0 Å². The topological polar surface area (TPSA) is 122 Å². The van der Waals surface area contributed by atoms with Crippen molar-refractivity contribution < 1.29 is 18.0 Å². The zero-order valence-corrected chi connectivity index (χ0v) is 17.8. The molecule has 1 atom stereocenters. The second-order valence-corrected chi connectivity index (χ2v) is 9.07. The van der Waals surface area contributed by atoms with E-state index in [1.165, 1.54) is 17.7 Å². The van der Waals surface area contributed by atoms with Gasteiger partial charge in [0.05, 0.1) is 10.9 Å². The molecule has 2 aromatic rings. The molecular weight excluding hydrogens is 404 g/mol. The number of sulfonamides is 1. The van der Waals surface area contributed by atoms with Gasteiger partial charge in [0.2, 0.25) is 15.9 Å². The van der Waals surface area contributed by atoms with Crippen molar-refractivity contribution in [3.63, 3.8) is 0 Å². The number of nitrogens with one attached hydrogen (secondary N) is 2. The molecule has 4 N–H and O–H groups in total. The van der Waals surface area contributed by atoms with Gasteiger partial charge < -0.3 is 15.5 Å². The molecule has 2 aromatic carbocycles. The SMILES string of the molecule is Cc1ccc(N2CC(NC(=O)NCCc3ccc(S(N)(=O)=O)cc3)CC2=O)cc1C. The van der Waals surface area contributed by atoms with E-state index in [-0.39, 0.29) is 29.3 Å². The van der Waals surface area contributed by atoms with Crippen LogP contribution < -0.4 is 20.7 Å². The number of carbonyl (C=O) groups is 2. The van der Waals surface area contributed by atoms with Gasteiger partial charge in [-0.3, -0.25) is 4.79 Å². The summed E-state index contributed by atoms with van der Waals surface area (Å²) in [6.45, 7) is 4.84. The average molecular weight is 431 g/mol. The van der Waals surface area contributed by atoms with Crippen molar-refractivity contribution in [1.82, 2.24) is 10.6 Å². The quantitative estimate of drug-likeness (QED) is 0.644. The highest BCUT2D eigenvalue weighted by molar-refractivity contribution is 7.89. The van der Waals surface area contributed by atoms with Crippen LogP contribution in [0.5, 0.6) is 0 Å². The van der Waals surface area contributed by atoms with Gasteiger partial charge in [0.25, 0.3) is 0 Å². The molecule has 0 bridgehead atoms. The van der Waals surface area contributed by atoms with Gasteiger partial charge in [-0.1, -0.05) is 18.2 Å². The zero-order chi connectivity index (χ0) is 21.9. The van der Waals surface area contributed by atoms with Crippen LogP contribution >= 0.6 is 0 Å². The normalized spacial score (nSPS) is 16.6. The minimum atomic E-state index is -3.71. The fourth-order valence-corrected chi connectivity index (χ4v) is 3.87. The standard InChI is InChI=1S/C21H26N4O4S/c1-14-3-6-18(11-15(14)2)25-13-17(12-20(25)26)24-21(27)23-10-9-16-4-7-19(8-5-16)30(22,28)29/h3-8,11,17H,9-10,12-13H2,1-2H3,(H2,22,28,29)(H2,23,24,27). The summed E-state index contributed by atoms with van der Waals surface area (Å²) in [5.74, 6) is -0.0153. The molecule has 1 heterocycles. The lowest BCUT2D eigenvalue weighted by Gasteiger charge is -2.18. The molecule has 8 nitrogen and oxygen atoms in total. The van der Waals surface area contributed by atoms with E-state index in [1.54, 1.807) is 17.0 Å². The molecule has 0 spiro atoms. The minimum Gasteiger partial charge on any atom is -0.338 e. The van der Waals surface area contributed by atoms with Crippen molar-refractivity contribution in [2.75, 3.05) is 18.0 Å². The lowest BCUT2D eigenvalue weighted by Crippen LogP contribution is -2.43. The summed E-state index contributed by atoms with van der Waals surface area (Å²) < 4.78 is 22.5. The monoisotopic (exact) mass is 430 g/mol. The third kappa shape index (κ3) is 5.37. The Balaban J connectivity index is 1.47. The highest BCUT2D eigenvalue weighted by atomic mass is 32.2. The van der Waals surface area contributed by atoms with E-state index in [4.69, 9.17) is 5.14 Å². The van der Waals surface area contributed by atoms with Crippen LogP contribution in [0.2, 0.25) is 0 Å². The van der Waals surface area contributed by atoms with Gasteiger partial charge in [-0.25, -0.2) is 18.4 Å². The summed E-state index contributed by atoms with van der Waals surface area (Å²) in [5.41, 5.74) is 4.00. The van der Waals surface area contributed by atoms with Gasteiger partial charge in [-0.05, 0) is 61.2 Å². The average Bonchev–Trinajstić information content (AvgIpc) is 3.03. The lowest BCUT2D eigenvalue weighted by molar-refractivity contribution is -0.117. The molecule has 0 aromatic heterocycles. The number of urea groups is 1. The molecule has 1 saturated heterocycles. The third-order valence-corrected chi connectivity index (χ3v) is 6.14. The predicted molar refractivity (Wildman–Crippen MR) is 115 cm³/mol. The minimum absolute atomic E-state index is 0.0153. The van der Waals surface area contributed by atoms with Crippen LogP contribution in [-0.4, -0.2) is 39.5 Å². The van der Waals surface area contributed by atoms with Crippen LogP contribution in [-0.2, 0) is 21.2 Å². The first kappa shape index (κ1) is 21.8. The number of benzene rings is 2. The predicted octanol–water partition coefficient (Wildman–Crippen LogP) is 1.60. The number of amides is 3. The van der Waals surface area contributed by atoms with Crippen LogP contribution in [0.15, 0.2) is 47.4 Å². The fourth-order valence-electron chi connectivity index (χ4n) is 3.35.